The molecule has 1 aliphatic carbocycles. The monoisotopic (exact) mass is 326 g/mol. The lowest BCUT2D eigenvalue weighted by atomic mass is 9.89. The SMILES string of the molecule is COc1ccccc1-c1cc(C)nn1C1CCOC2(CCCC2)C1. The maximum atomic E-state index is 6.21. The number of rotatable bonds is 3. The molecule has 1 saturated heterocycles. The van der Waals surface area contributed by atoms with Crippen LogP contribution in [0, 0.1) is 6.92 Å². The van der Waals surface area contributed by atoms with Crippen molar-refractivity contribution in [2.24, 2.45) is 0 Å². The van der Waals surface area contributed by atoms with Crippen molar-refractivity contribution in [1.82, 2.24) is 9.78 Å². The van der Waals surface area contributed by atoms with Gasteiger partial charge in [0.15, 0.2) is 0 Å². The molecule has 4 nitrogen and oxygen atoms in total. The first-order valence-electron chi connectivity index (χ1n) is 9.04. The van der Waals surface area contributed by atoms with Crippen molar-refractivity contribution < 1.29 is 9.47 Å². The van der Waals surface area contributed by atoms with E-state index in [1.54, 1.807) is 7.11 Å². The molecule has 0 N–H and O–H groups in total. The molecule has 1 aromatic carbocycles. The quantitative estimate of drug-likeness (QED) is 0.831. The van der Waals surface area contributed by atoms with Gasteiger partial charge in [0.1, 0.15) is 5.75 Å². The van der Waals surface area contributed by atoms with Crippen molar-refractivity contribution in [2.75, 3.05) is 13.7 Å². The van der Waals surface area contributed by atoms with Crippen molar-refractivity contribution in [3.8, 4) is 17.0 Å². The highest BCUT2D eigenvalue weighted by molar-refractivity contribution is 5.68. The van der Waals surface area contributed by atoms with Crippen LogP contribution in [0.15, 0.2) is 30.3 Å². The predicted molar refractivity (Wildman–Crippen MR) is 94.4 cm³/mol. The number of hydrogen-bond donors (Lipinski definition) is 0. The van der Waals surface area contributed by atoms with Crippen molar-refractivity contribution in [1.29, 1.82) is 0 Å². The second-order valence-corrected chi connectivity index (χ2v) is 7.20. The second-order valence-electron chi connectivity index (χ2n) is 7.20. The Morgan fingerprint density at radius 3 is 2.83 bits per heavy atom. The molecule has 0 bridgehead atoms. The van der Waals surface area contributed by atoms with Crippen LogP contribution in [0.2, 0.25) is 0 Å². The molecule has 4 rings (SSSR count). The van der Waals surface area contributed by atoms with Gasteiger partial charge in [-0.25, -0.2) is 0 Å². The largest absolute Gasteiger partial charge is 0.496 e. The zero-order valence-electron chi connectivity index (χ0n) is 14.6. The fourth-order valence-corrected chi connectivity index (χ4v) is 4.43. The van der Waals surface area contributed by atoms with Crippen LogP contribution in [0.3, 0.4) is 0 Å². The average molecular weight is 326 g/mol. The summed E-state index contributed by atoms with van der Waals surface area (Å²) in [5, 5.41) is 4.85. The fourth-order valence-electron chi connectivity index (χ4n) is 4.43. The van der Waals surface area contributed by atoms with Gasteiger partial charge < -0.3 is 9.47 Å². The van der Waals surface area contributed by atoms with Crippen LogP contribution in [0.5, 0.6) is 5.75 Å². The van der Waals surface area contributed by atoms with E-state index in [1.165, 1.54) is 25.7 Å². The predicted octanol–water partition coefficient (Wildman–Crippen LogP) is 4.53. The number of aryl methyl sites for hydroxylation is 1. The van der Waals surface area contributed by atoms with Gasteiger partial charge in [0, 0.05) is 12.2 Å². The third kappa shape index (κ3) is 2.73. The Hall–Kier alpha value is -1.81. The zero-order chi connectivity index (χ0) is 16.6. The summed E-state index contributed by atoms with van der Waals surface area (Å²) in [6, 6.07) is 10.8. The summed E-state index contributed by atoms with van der Waals surface area (Å²) >= 11 is 0. The van der Waals surface area contributed by atoms with Crippen LogP contribution in [0.4, 0.5) is 0 Å². The summed E-state index contributed by atoms with van der Waals surface area (Å²) in [6.07, 6.45) is 7.11. The summed E-state index contributed by atoms with van der Waals surface area (Å²) in [7, 11) is 1.73. The Morgan fingerprint density at radius 2 is 2.04 bits per heavy atom. The number of benzene rings is 1. The number of methoxy groups -OCH3 is 1. The standard InChI is InChI=1S/C20H26N2O2/c1-15-13-18(17-7-3-4-8-19(17)23-2)22(21-15)16-9-12-24-20(14-16)10-5-6-11-20/h3-4,7-8,13,16H,5-6,9-12,14H2,1-2H3. The van der Waals surface area contributed by atoms with E-state index >= 15 is 0 Å². The summed E-state index contributed by atoms with van der Waals surface area (Å²) in [4.78, 5) is 0. The fraction of sp³-hybridized carbons (Fsp3) is 0.550. The minimum atomic E-state index is 0.0980. The van der Waals surface area contributed by atoms with Crippen LogP contribution >= 0.6 is 0 Å². The first kappa shape index (κ1) is 15.7. The Kier molecular flexibility index (Phi) is 4.09. The summed E-state index contributed by atoms with van der Waals surface area (Å²) < 4.78 is 14.0. The van der Waals surface area contributed by atoms with Crippen LogP contribution < -0.4 is 4.74 Å². The average Bonchev–Trinajstić information content (AvgIpc) is 3.21. The molecule has 4 heteroatoms. The number of hydrogen-bond acceptors (Lipinski definition) is 3. The lowest BCUT2D eigenvalue weighted by molar-refractivity contribution is -0.0907. The highest BCUT2D eigenvalue weighted by Crippen LogP contribution is 2.44. The van der Waals surface area contributed by atoms with E-state index in [9.17, 15) is 0 Å². The van der Waals surface area contributed by atoms with Crippen molar-refractivity contribution in [3.63, 3.8) is 0 Å². The number of para-hydroxylation sites is 1. The minimum absolute atomic E-state index is 0.0980. The Balaban J connectivity index is 1.71. The molecule has 2 aromatic rings. The van der Waals surface area contributed by atoms with Crippen molar-refractivity contribution in [2.45, 2.75) is 57.1 Å². The van der Waals surface area contributed by atoms with E-state index in [1.807, 2.05) is 12.1 Å². The normalized spacial score (nSPS) is 22.8. The number of ether oxygens (including phenoxy) is 2. The van der Waals surface area contributed by atoms with E-state index < -0.39 is 0 Å². The van der Waals surface area contributed by atoms with Gasteiger partial charge in [-0.1, -0.05) is 25.0 Å². The maximum absolute atomic E-state index is 6.21. The van der Waals surface area contributed by atoms with Gasteiger partial charge in [-0.05, 0) is 50.8 Å². The van der Waals surface area contributed by atoms with Gasteiger partial charge >= 0.3 is 0 Å². The minimum Gasteiger partial charge on any atom is -0.496 e. The first-order valence-corrected chi connectivity index (χ1v) is 9.04. The van der Waals surface area contributed by atoms with Gasteiger partial charge in [0.2, 0.25) is 0 Å². The third-order valence-electron chi connectivity index (χ3n) is 5.57. The summed E-state index contributed by atoms with van der Waals surface area (Å²) in [5.41, 5.74) is 3.43. The molecule has 2 aliphatic rings. The van der Waals surface area contributed by atoms with E-state index in [0.29, 0.717) is 6.04 Å². The van der Waals surface area contributed by atoms with Crippen LogP contribution in [-0.4, -0.2) is 29.1 Å². The molecule has 1 aromatic heterocycles. The lowest BCUT2D eigenvalue weighted by Crippen LogP contribution is -2.38. The van der Waals surface area contributed by atoms with Crippen molar-refractivity contribution in [3.05, 3.63) is 36.0 Å². The van der Waals surface area contributed by atoms with Crippen LogP contribution in [0.25, 0.3) is 11.3 Å². The molecule has 24 heavy (non-hydrogen) atoms. The Morgan fingerprint density at radius 1 is 1.25 bits per heavy atom. The van der Waals surface area contributed by atoms with E-state index in [-0.39, 0.29) is 5.60 Å². The molecule has 1 spiro atoms. The maximum Gasteiger partial charge on any atom is 0.128 e. The number of nitrogens with zero attached hydrogens (tertiary/aromatic N) is 2. The summed E-state index contributed by atoms with van der Waals surface area (Å²) in [5.74, 6) is 0.904. The van der Waals surface area contributed by atoms with Gasteiger partial charge in [-0.15, -0.1) is 0 Å². The molecule has 1 aliphatic heterocycles. The zero-order valence-corrected chi connectivity index (χ0v) is 14.6. The van der Waals surface area contributed by atoms with Gasteiger partial charge in [-0.2, -0.15) is 5.10 Å². The van der Waals surface area contributed by atoms with Gasteiger partial charge in [0.05, 0.1) is 30.1 Å². The van der Waals surface area contributed by atoms with E-state index in [4.69, 9.17) is 14.6 Å². The molecule has 1 unspecified atom stereocenters. The van der Waals surface area contributed by atoms with Crippen LogP contribution in [-0.2, 0) is 4.74 Å². The number of aromatic nitrogens is 2. The molecule has 1 atom stereocenters. The Bertz CT molecular complexity index is 716. The van der Waals surface area contributed by atoms with E-state index in [0.717, 1.165) is 42.1 Å². The molecule has 1 saturated carbocycles. The van der Waals surface area contributed by atoms with E-state index in [2.05, 4.69) is 29.8 Å². The molecule has 2 fully saturated rings. The smallest absolute Gasteiger partial charge is 0.128 e. The molecule has 2 heterocycles. The molecule has 128 valence electrons. The second kappa shape index (κ2) is 6.25. The topological polar surface area (TPSA) is 36.3 Å². The molecule has 0 radical (unpaired) electrons. The third-order valence-corrected chi connectivity index (χ3v) is 5.57. The van der Waals surface area contributed by atoms with Gasteiger partial charge in [-0.3, -0.25) is 4.68 Å². The molecular weight excluding hydrogens is 300 g/mol. The Labute approximate surface area is 143 Å². The summed E-state index contributed by atoms with van der Waals surface area (Å²) in [6.45, 7) is 2.91. The van der Waals surface area contributed by atoms with Crippen molar-refractivity contribution >= 4 is 0 Å². The highest BCUT2D eigenvalue weighted by atomic mass is 16.5. The highest BCUT2D eigenvalue weighted by Gasteiger charge is 2.41. The molecular formula is C20H26N2O2. The first-order chi connectivity index (χ1) is 11.7. The lowest BCUT2D eigenvalue weighted by Gasteiger charge is -2.38. The van der Waals surface area contributed by atoms with Gasteiger partial charge in [0.25, 0.3) is 0 Å². The molecule has 0 amide bonds. The van der Waals surface area contributed by atoms with Crippen LogP contribution in [0.1, 0.15) is 50.3 Å².